The van der Waals surface area contributed by atoms with Gasteiger partial charge in [0.1, 0.15) is 12.1 Å². The highest BCUT2D eigenvalue weighted by Crippen LogP contribution is 2.08. The van der Waals surface area contributed by atoms with Gasteiger partial charge < -0.3 is 37.6 Å². The molecule has 0 aliphatic rings. The summed E-state index contributed by atoms with van der Waals surface area (Å²) in [7, 11) is 0. The van der Waals surface area contributed by atoms with Crippen LogP contribution in [0.15, 0.2) is 0 Å². The Kier molecular flexibility index (Phi) is 11.0. The van der Waals surface area contributed by atoms with Crippen LogP contribution in [-0.4, -0.2) is 70.1 Å². The summed E-state index contributed by atoms with van der Waals surface area (Å²) in [5.41, 5.74) is 10.6. The van der Waals surface area contributed by atoms with Crippen LogP contribution in [0, 0.1) is 11.8 Å². The van der Waals surface area contributed by atoms with Crippen LogP contribution in [0.2, 0.25) is 0 Å². The first kappa shape index (κ1) is 27.3. The van der Waals surface area contributed by atoms with Crippen LogP contribution in [0.25, 0.3) is 0 Å². The molecule has 0 heterocycles. The second-order valence-corrected chi connectivity index (χ2v) is 7.80. The summed E-state index contributed by atoms with van der Waals surface area (Å²) >= 11 is 0. The Morgan fingerprint density at radius 2 is 1.13 bits per heavy atom. The van der Waals surface area contributed by atoms with E-state index in [1.807, 2.05) is 0 Å². The molecule has 0 spiro atoms. The summed E-state index contributed by atoms with van der Waals surface area (Å²) in [6.07, 6.45) is -1.75. The van der Waals surface area contributed by atoms with Crippen LogP contribution in [0.4, 0.5) is 0 Å². The minimum absolute atomic E-state index is 0.394. The largest absolute Gasteiger partial charge is 0.480 e. The summed E-state index contributed by atoms with van der Waals surface area (Å²) in [5.74, 6) is -5.27. The molecule has 0 saturated heterocycles. The number of amides is 4. The van der Waals surface area contributed by atoms with Crippen molar-refractivity contribution in [1.82, 2.24) is 16.0 Å². The van der Waals surface area contributed by atoms with Crippen molar-refractivity contribution < 1.29 is 34.2 Å². The van der Waals surface area contributed by atoms with Gasteiger partial charge in [-0.2, -0.15) is 0 Å². The topological polar surface area (TPSA) is 214 Å². The van der Waals surface area contributed by atoms with Crippen molar-refractivity contribution in [2.45, 2.75) is 71.3 Å². The first-order chi connectivity index (χ1) is 13.7. The number of aliphatic hydroxyl groups excluding tert-OH is 1. The van der Waals surface area contributed by atoms with Gasteiger partial charge in [-0.25, -0.2) is 4.79 Å². The first-order valence-electron chi connectivity index (χ1n) is 9.54. The monoisotopic (exact) mass is 431 g/mol. The van der Waals surface area contributed by atoms with Gasteiger partial charge in [-0.1, -0.05) is 27.7 Å². The minimum Gasteiger partial charge on any atom is -0.480 e. The van der Waals surface area contributed by atoms with Crippen LogP contribution < -0.4 is 27.4 Å². The van der Waals surface area contributed by atoms with E-state index in [4.69, 9.17) is 16.6 Å². The van der Waals surface area contributed by atoms with E-state index < -0.39 is 78.1 Å². The fourth-order valence-corrected chi connectivity index (χ4v) is 2.51. The lowest BCUT2D eigenvalue weighted by Gasteiger charge is -2.28. The number of carbonyl (C=O) groups is 5. The van der Waals surface area contributed by atoms with Crippen LogP contribution in [0.3, 0.4) is 0 Å². The summed E-state index contributed by atoms with van der Waals surface area (Å²) < 4.78 is 0. The van der Waals surface area contributed by atoms with Gasteiger partial charge in [-0.05, 0) is 18.8 Å². The van der Waals surface area contributed by atoms with Gasteiger partial charge in [0.15, 0.2) is 6.04 Å². The number of hydrogen-bond acceptors (Lipinski definition) is 7. The molecule has 12 heteroatoms. The predicted octanol–water partition coefficient (Wildman–Crippen LogP) is -2.58. The van der Waals surface area contributed by atoms with E-state index in [2.05, 4.69) is 16.0 Å². The molecule has 12 nitrogen and oxygen atoms in total. The van der Waals surface area contributed by atoms with E-state index in [0.29, 0.717) is 0 Å². The molecule has 0 aromatic carbocycles. The number of carboxylic acids is 1. The third kappa shape index (κ3) is 8.74. The first-order valence-corrected chi connectivity index (χ1v) is 9.54. The van der Waals surface area contributed by atoms with Crippen LogP contribution in [0.5, 0.6) is 0 Å². The van der Waals surface area contributed by atoms with Gasteiger partial charge in [0.25, 0.3) is 0 Å². The Morgan fingerprint density at radius 3 is 1.43 bits per heavy atom. The van der Waals surface area contributed by atoms with Gasteiger partial charge in [-0.3, -0.25) is 19.2 Å². The molecule has 0 saturated carbocycles. The van der Waals surface area contributed by atoms with Crippen molar-refractivity contribution in [2.24, 2.45) is 23.3 Å². The van der Waals surface area contributed by atoms with Crippen molar-refractivity contribution in [1.29, 1.82) is 0 Å². The Balaban J connectivity index is 5.36. The van der Waals surface area contributed by atoms with Crippen molar-refractivity contribution in [2.75, 3.05) is 0 Å². The molecular weight excluding hydrogens is 398 g/mol. The van der Waals surface area contributed by atoms with Crippen LogP contribution in [-0.2, 0) is 24.0 Å². The van der Waals surface area contributed by atoms with E-state index in [1.165, 1.54) is 6.92 Å². The standard InChI is InChI=1S/C18H33N5O7/c1-7(2)12(21-15(26)10(19)6-11(20)25)16(27)22-13(8(3)4)17(28)23-14(9(5)24)18(29)30/h7-10,12-14,24H,6,19H2,1-5H3,(H2,20,25)(H,21,26)(H,22,27)(H,23,28)(H,29,30). The molecule has 0 aromatic heterocycles. The van der Waals surface area contributed by atoms with E-state index in [1.54, 1.807) is 27.7 Å². The number of nitrogens with one attached hydrogen (secondary N) is 3. The summed E-state index contributed by atoms with van der Waals surface area (Å²) in [6.45, 7) is 7.79. The number of nitrogens with two attached hydrogens (primary N) is 2. The summed E-state index contributed by atoms with van der Waals surface area (Å²) in [6, 6.07) is -4.99. The molecule has 0 rings (SSSR count). The number of aliphatic hydroxyl groups is 1. The van der Waals surface area contributed by atoms with Gasteiger partial charge in [0.2, 0.25) is 23.6 Å². The zero-order valence-electron chi connectivity index (χ0n) is 17.8. The number of carboxylic acid groups (broad SMARTS) is 1. The normalized spacial score (nSPS) is 16.2. The van der Waals surface area contributed by atoms with E-state index in [9.17, 15) is 29.1 Å². The SMILES string of the molecule is CC(C)C(NC(=O)C(N)CC(N)=O)C(=O)NC(C(=O)NC(C(=O)O)C(C)O)C(C)C. The summed E-state index contributed by atoms with van der Waals surface area (Å²) in [5, 5.41) is 25.8. The lowest BCUT2D eigenvalue weighted by atomic mass is 9.98. The maximum atomic E-state index is 12.7. The maximum absolute atomic E-state index is 12.7. The maximum Gasteiger partial charge on any atom is 0.328 e. The second kappa shape index (κ2) is 12.1. The van der Waals surface area contributed by atoms with Gasteiger partial charge in [0.05, 0.1) is 18.6 Å². The third-order valence-electron chi connectivity index (χ3n) is 4.30. The molecule has 5 atom stereocenters. The third-order valence-corrected chi connectivity index (χ3v) is 4.30. The fraction of sp³-hybridized carbons (Fsp3) is 0.722. The molecule has 4 amide bonds. The molecule has 0 fully saturated rings. The Hall–Kier alpha value is -2.73. The number of rotatable bonds is 12. The van der Waals surface area contributed by atoms with Gasteiger partial charge in [-0.15, -0.1) is 0 Å². The number of carbonyl (C=O) groups excluding carboxylic acids is 4. The lowest BCUT2D eigenvalue weighted by molar-refractivity contribution is -0.145. The molecule has 0 aromatic rings. The second-order valence-electron chi connectivity index (χ2n) is 7.80. The lowest BCUT2D eigenvalue weighted by Crippen LogP contribution is -2.60. The number of primary amides is 1. The summed E-state index contributed by atoms with van der Waals surface area (Å²) in [4.78, 5) is 59.5. The molecule has 30 heavy (non-hydrogen) atoms. The van der Waals surface area contributed by atoms with Crippen molar-refractivity contribution >= 4 is 29.6 Å². The molecule has 0 radical (unpaired) electrons. The van der Waals surface area contributed by atoms with Crippen molar-refractivity contribution in [3.05, 3.63) is 0 Å². The van der Waals surface area contributed by atoms with E-state index in [0.717, 1.165) is 0 Å². The molecular formula is C18H33N5O7. The van der Waals surface area contributed by atoms with E-state index in [-0.39, 0.29) is 0 Å². The number of hydrogen-bond donors (Lipinski definition) is 7. The van der Waals surface area contributed by atoms with Crippen LogP contribution >= 0.6 is 0 Å². The molecule has 0 bridgehead atoms. The molecule has 5 unspecified atom stereocenters. The zero-order chi connectivity index (χ0) is 23.8. The molecule has 0 aliphatic carbocycles. The quantitative estimate of drug-likeness (QED) is 0.174. The van der Waals surface area contributed by atoms with Crippen molar-refractivity contribution in [3.63, 3.8) is 0 Å². The predicted molar refractivity (Wildman–Crippen MR) is 107 cm³/mol. The highest BCUT2D eigenvalue weighted by Gasteiger charge is 2.34. The molecule has 9 N–H and O–H groups in total. The van der Waals surface area contributed by atoms with Gasteiger partial charge >= 0.3 is 5.97 Å². The fourth-order valence-electron chi connectivity index (χ4n) is 2.51. The molecule has 172 valence electrons. The Morgan fingerprint density at radius 1 is 0.767 bits per heavy atom. The van der Waals surface area contributed by atoms with Crippen LogP contribution in [0.1, 0.15) is 41.0 Å². The smallest absolute Gasteiger partial charge is 0.328 e. The minimum atomic E-state index is -1.55. The van der Waals surface area contributed by atoms with Crippen molar-refractivity contribution in [3.8, 4) is 0 Å². The Bertz CT molecular complexity index is 651. The highest BCUT2D eigenvalue weighted by molar-refractivity contribution is 5.95. The Labute approximate surface area is 175 Å². The average Bonchev–Trinajstić information content (AvgIpc) is 2.59. The average molecular weight is 431 g/mol. The zero-order valence-corrected chi connectivity index (χ0v) is 17.8. The van der Waals surface area contributed by atoms with Gasteiger partial charge in [0, 0.05) is 0 Å². The molecule has 0 aliphatic heterocycles. The van der Waals surface area contributed by atoms with E-state index >= 15 is 0 Å². The number of aliphatic carboxylic acids is 1. The highest BCUT2D eigenvalue weighted by atomic mass is 16.4.